The van der Waals surface area contributed by atoms with Crippen molar-refractivity contribution < 1.29 is 13.9 Å². The summed E-state index contributed by atoms with van der Waals surface area (Å²) in [6, 6.07) is 13.3. The molecule has 0 saturated carbocycles. The first-order chi connectivity index (χ1) is 20.0. The van der Waals surface area contributed by atoms with Crippen LogP contribution in [0, 0.1) is 5.82 Å². The number of hydrogen-bond acceptors (Lipinski definition) is 4. The van der Waals surface area contributed by atoms with Crippen LogP contribution in [0.1, 0.15) is 109 Å². The summed E-state index contributed by atoms with van der Waals surface area (Å²) in [7, 11) is 0. The molecule has 0 aliphatic carbocycles. The number of hydrogen-bond donors (Lipinski definition) is 0. The lowest BCUT2D eigenvalue weighted by Gasteiger charge is -2.23. The van der Waals surface area contributed by atoms with E-state index in [0.29, 0.717) is 25.3 Å². The predicted octanol–water partition coefficient (Wildman–Crippen LogP) is 10.4. The Balaban J connectivity index is 0.00000616. The molecule has 0 unspecified atom stereocenters. The number of carbonyl (C=O) groups is 1. The van der Waals surface area contributed by atoms with Gasteiger partial charge in [0.2, 0.25) is 5.91 Å². The molecule has 1 amide bonds. The highest BCUT2D eigenvalue weighted by Crippen LogP contribution is 2.27. The quantitative estimate of drug-likeness (QED) is 0.132. The third-order valence-corrected chi connectivity index (χ3v) is 8.71. The van der Waals surface area contributed by atoms with Crippen molar-refractivity contribution in [2.75, 3.05) is 23.9 Å². The van der Waals surface area contributed by atoms with E-state index < -0.39 is 0 Å². The van der Waals surface area contributed by atoms with Gasteiger partial charge in [-0.05, 0) is 60.1 Å². The van der Waals surface area contributed by atoms with Crippen LogP contribution in [0.15, 0.2) is 53.6 Å². The lowest BCUT2D eigenvalue weighted by Crippen LogP contribution is -2.30. The van der Waals surface area contributed by atoms with Gasteiger partial charge in [0, 0.05) is 31.9 Å². The molecule has 1 heterocycles. The molecule has 0 spiro atoms. The molecule has 2 aromatic carbocycles. The third-order valence-electron chi connectivity index (χ3n) is 7.69. The Labute approximate surface area is 269 Å². The Morgan fingerprint density at radius 2 is 1.60 bits per heavy atom. The van der Waals surface area contributed by atoms with Gasteiger partial charge >= 0.3 is 0 Å². The van der Waals surface area contributed by atoms with Crippen LogP contribution in [0.2, 0.25) is 0 Å². The van der Waals surface area contributed by atoms with Gasteiger partial charge in [-0.25, -0.2) is 4.39 Å². The highest BCUT2D eigenvalue weighted by molar-refractivity contribution is 8.93. The Bertz CT molecular complexity index is 1100. The summed E-state index contributed by atoms with van der Waals surface area (Å²) >= 11 is 1.84. The largest absolute Gasteiger partial charge is 0.491 e. The van der Waals surface area contributed by atoms with Crippen molar-refractivity contribution in [3.05, 3.63) is 70.5 Å². The summed E-state index contributed by atoms with van der Waals surface area (Å²) in [6.45, 7) is 7.84. The Morgan fingerprint density at radius 3 is 2.19 bits per heavy atom. The van der Waals surface area contributed by atoms with Gasteiger partial charge < -0.3 is 14.5 Å². The van der Waals surface area contributed by atoms with Crippen LogP contribution < -0.4 is 9.64 Å². The molecule has 0 fully saturated rings. The van der Waals surface area contributed by atoms with Crippen LogP contribution in [0.5, 0.6) is 5.75 Å². The van der Waals surface area contributed by atoms with Crippen molar-refractivity contribution in [1.29, 1.82) is 0 Å². The van der Waals surface area contributed by atoms with Gasteiger partial charge in [-0.15, -0.1) is 28.7 Å². The van der Waals surface area contributed by atoms with Gasteiger partial charge in [-0.2, -0.15) is 0 Å². The molecule has 0 radical (unpaired) electrons. The summed E-state index contributed by atoms with van der Waals surface area (Å²) in [4.78, 5) is 17.9. The molecule has 0 bridgehead atoms. The number of carbonyl (C=O) groups excluding carboxylic acids is 1. The van der Waals surface area contributed by atoms with Gasteiger partial charge in [0.25, 0.3) is 0 Å². The molecular weight excluding hydrogens is 611 g/mol. The molecule has 4 nitrogen and oxygen atoms in total. The van der Waals surface area contributed by atoms with E-state index in [4.69, 9.17) is 4.74 Å². The molecule has 0 saturated heterocycles. The zero-order chi connectivity index (χ0) is 29.3. The van der Waals surface area contributed by atoms with E-state index in [9.17, 15) is 9.18 Å². The number of benzene rings is 2. The maximum atomic E-state index is 14.8. The molecule has 0 aromatic heterocycles. The van der Waals surface area contributed by atoms with Gasteiger partial charge in [0.1, 0.15) is 0 Å². The first kappa shape index (κ1) is 36.2. The highest BCUT2D eigenvalue weighted by Gasteiger charge is 2.15. The van der Waals surface area contributed by atoms with Crippen LogP contribution in [0.4, 0.5) is 10.1 Å². The van der Waals surface area contributed by atoms with Gasteiger partial charge in [-0.1, -0.05) is 95.8 Å². The molecule has 1 aliphatic heterocycles. The first-order valence-corrected chi connectivity index (χ1v) is 16.8. The number of nitrogens with zero attached hydrogens (tertiary/aromatic N) is 2. The maximum Gasteiger partial charge on any atom is 0.223 e. The van der Waals surface area contributed by atoms with E-state index in [1.807, 2.05) is 30.0 Å². The molecule has 3 rings (SSSR count). The molecule has 234 valence electrons. The van der Waals surface area contributed by atoms with E-state index in [2.05, 4.69) is 37.1 Å². The maximum absolute atomic E-state index is 14.8. The number of anilines is 1. The summed E-state index contributed by atoms with van der Waals surface area (Å²) in [5.41, 5.74) is 2.91. The lowest BCUT2D eigenvalue weighted by molar-refractivity contribution is -0.116. The monoisotopic (exact) mass is 662 g/mol. The van der Waals surface area contributed by atoms with E-state index in [-0.39, 0.29) is 28.7 Å². The van der Waals surface area contributed by atoms with Crippen LogP contribution >= 0.6 is 28.7 Å². The molecule has 1 aliphatic rings. The lowest BCUT2D eigenvalue weighted by atomic mass is 10.1. The minimum Gasteiger partial charge on any atom is -0.491 e. The minimum absolute atomic E-state index is 0. The predicted molar refractivity (Wildman–Crippen MR) is 183 cm³/mol. The van der Waals surface area contributed by atoms with Crippen molar-refractivity contribution in [1.82, 2.24) is 4.90 Å². The Kier molecular flexibility index (Phi) is 18.0. The molecule has 0 atom stereocenters. The standard InChI is InChI=1S/C35H51FN2O2S.BrH/c1-4-5-6-7-8-9-10-11-12-13-14-15-23-40-35-20-19-31(25-34(35)36)21-22-38(30(3)39)33-18-16-17-32(24-33)27-37-26-29(2)41-28-37;/h16-20,24-26H,4-15,21-23,27-28H2,1-3H3;1H. The first-order valence-electron chi connectivity index (χ1n) is 15.8. The molecule has 0 N–H and O–H groups in total. The van der Waals surface area contributed by atoms with Crippen molar-refractivity contribution in [2.45, 2.75) is 111 Å². The zero-order valence-electron chi connectivity index (χ0n) is 26.0. The molecule has 42 heavy (non-hydrogen) atoms. The van der Waals surface area contributed by atoms with E-state index in [1.54, 1.807) is 24.0 Å². The molecule has 2 aromatic rings. The summed E-state index contributed by atoms with van der Waals surface area (Å²) < 4.78 is 20.5. The Morgan fingerprint density at radius 1 is 0.929 bits per heavy atom. The highest BCUT2D eigenvalue weighted by atomic mass is 79.9. The van der Waals surface area contributed by atoms with Gasteiger partial charge in [0.15, 0.2) is 11.6 Å². The molecular formula is C35H52BrFN2O2S. The van der Waals surface area contributed by atoms with Crippen LogP contribution in [0.3, 0.4) is 0 Å². The summed E-state index contributed by atoms with van der Waals surface area (Å²) in [6.07, 6.45) is 18.3. The van der Waals surface area contributed by atoms with Crippen molar-refractivity contribution in [3.8, 4) is 5.75 Å². The Hall–Kier alpha value is -1.99. The number of allylic oxidation sites excluding steroid dienone is 1. The number of ether oxygens (including phenoxy) is 1. The zero-order valence-corrected chi connectivity index (χ0v) is 28.6. The van der Waals surface area contributed by atoms with Crippen LogP contribution in [0.25, 0.3) is 0 Å². The SMILES string of the molecule is Br.CCCCCCCCCCCCCCOc1ccc(CCN(C(C)=O)c2cccc(CN3C=C(C)SC3)c2)cc1F. The van der Waals surface area contributed by atoms with E-state index in [0.717, 1.165) is 36.5 Å². The van der Waals surface area contributed by atoms with Crippen LogP contribution in [-0.2, 0) is 17.8 Å². The number of amides is 1. The van der Waals surface area contributed by atoms with E-state index in [1.165, 1.54) is 74.7 Å². The smallest absolute Gasteiger partial charge is 0.223 e. The fourth-order valence-electron chi connectivity index (χ4n) is 5.32. The fraction of sp³-hybridized carbons (Fsp3) is 0.571. The summed E-state index contributed by atoms with van der Waals surface area (Å²) in [5.74, 6) is 0.927. The van der Waals surface area contributed by atoms with Gasteiger partial charge in [0.05, 0.1) is 12.5 Å². The number of rotatable bonds is 20. The van der Waals surface area contributed by atoms with Crippen LogP contribution in [-0.4, -0.2) is 29.8 Å². The number of halogens is 2. The second-order valence-corrected chi connectivity index (χ2v) is 12.5. The average Bonchev–Trinajstić information content (AvgIpc) is 3.36. The fourth-order valence-corrected chi connectivity index (χ4v) is 6.08. The molecule has 7 heteroatoms. The number of thioether (sulfide) groups is 1. The number of unbranched alkanes of at least 4 members (excludes halogenated alkanes) is 11. The van der Waals surface area contributed by atoms with Gasteiger partial charge in [-0.3, -0.25) is 4.79 Å². The second kappa shape index (κ2) is 20.8. The minimum atomic E-state index is -0.329. The normalized spacial score (nSPS) is 12.7. The summed E-state index contributed by atoms with van der Waals surface area (Å²) in [5, 5.41) is 0. The second-order valence-electron chi connectivity index (χ2n) is 11.4. The van der Waals surface area contributed by atoms with Crippen molar-refractivity contribution >= 4 is 40.3 Å². The third kappa shape index (κ3) is 13.5. The van der Waals surface area contributed by atoms with Crippen molar-refractivity contribution in [3.63, 3.8) is 0 Å². The van der Waals surface area contributed by atoms with E-state index >= 15 is 0 Å². The topological polar surface area (TPSA) is 32.8 Å². The average molecular weight is 664 g/mol. The van der Waals surface area contributed by atoms with Crippen molar-refractivity contribution in [2.24, 2.45) is 0 Å².